The normalized spacial score (nSPS) is 11.4. The van der Waals surface area contributed by atoms with Gasteiger partial charge in [0.2, 0.25) is 15.9 Å². The van der Waals surface area contributed by atoms with Gasteiger partial charge in [-0.3, -0.25) is 0 Å². The summed E-state index contributed by atoms with van der Waals surface area (Å²) < 4.78 is 29.6. The second-order valence-electron chi connectivity index (χ2n) is 3.07. The van der Waals surface area contributed by atoms with E-state index in [-0.39, 0.29) is 12.3 Å². The first kappa shape index (κ1) is 12.9. The number of nitrogens with one attached hydrogen (secondary N) is 1. The van der Waals surface area contributed by atoms with E-state index in [1.54, 1.807) is 12.1 Å². The van der Waals surface area contributed by atoms with E-state index < -0.39 is 16.6 Å². The molecule has 1 aromatic heterocycles. The molecular formula is C9H14N2O4S. The van der Waals surface area contributed by atoms with Crippen LogP contribution in [0.2, 0.25) is 0 Å². The van der Waals surface area contributed by atoms with Gasteiger partial charge in [0.25, 0.3) is 0 Å². The third-order valence-corrected chi connectivity index (χ3v) is 3.17. The van der Waals surface area contributed by atoms with Crippen molar-refractivity contribution in [3.05, 3.63) is 23.9 Å². The highest BCUT2D eigenvalue weighted by Crippen LogP contribution is 2.06. The van der Waals surface area contributed by atoms with Crippen molar-refractivity contribution >= 4 is 10.0 Å². The highest BCUT2D eigenvalue weighted by molar-refractivity contribution is 7.89. The molecule has 0 bridgehead atoms. The lowest BCUT2D eigenvalue weighted by atomic mass is 10.3. The predicted molar refractivity (Wildman–Crippen MR) is 58.5 cm³/mol. The van der Waals surface area contributed by atoms with Crippen LogP contribution in [0.1, 0.15) is 5.56 Å². The van der Waals surface area contributed by atoms with Gasteiger partial charge in [-0.1, -0.05) is 6.07 Å². The first-order valence-corrected chi connectivity index (χ1v) is 6.30. The van der Waals surface area contributed by atoms with E-state index in [1.165, 1.54) is 13.3 Å². The van der Waals surface area contributed by atoms with Crippen molar-refractivity contribution in [3.8, 4) is 5.88 Å². The van der Waals surface area contributed by atoms with Crippen LogP contribution in [0.15, 0.2) is 18.3 Å². The van der Waals surface area contributed by atoms with Gasteiger partial charge in [0.05, 0.1) is 19.5 Å². The molecule has 16 heavy (non-hydrogen) atoms. The van der Waals surface area contributed by atoms with Gasteiger partial charge in [-0.25, -0.2) is 18.1 Å². The smallest absolute Gasteiger partial charge is 0.214 e. The Labute approximate surface area is 94.3 Å². The summed E-state index contributed by atoms with van der Waals surface area (Å²) in [5.41, 5.74) is 0.724. The second-order valence-corrected chi connectivity index (χ2v) is 5.00. The molecule has 0 fully saturated rings. The van der Waals surface area contributed by atoms with Gasteiger partial charge in [0.15, 0.2) is 0 Å². The first-order valence-electron chi connectivity index (χ1n) is 4.64. The van der Waals surface area contributed by atoms with Crippen LogP contribution in [0.25, 0.3) is 0 Å². The Morgan fingerprint density at radius 3 is 2.75 bits per heavy atom. The monoisotopic (exact) mass is 246 g/mol. The van der Waals surface area contributed by atoms with Crippen molar-refractivity contribution in [3.63, 3.8) is 0 Å². The van der Waals surface area contributed by atoms with Crippen LogP contribution in [0, 0.1) is 0 Å². The Kier molecular flexibility index (Phi) is 4.66. The van der Waals surface area contributed by atoms with Gasteiger partial charge >= 0.3 is 0 Å². The van der Waals surface area contributed by atoms with Crippen LogP contribution < -0.4 is 9.46 Å². The molecule has 6 nitrogen and oxygen atoms in total. The van der Waals surface area contributed by atoms with Gasteiger partial charge in [0.1, 0.15) is 0 Å². The van der Waals surface area contributed by atoms with E-state index in [0.29, 0.717) is 5.88 Å². The number of nitrogens with zero attached hydrogens (tertiary/aromatic N) is 1. The summed E-state index contributed by atoms with van der Waals surface area (Å²) in [7, 11) is -1.90. The maximum absolute atomic E-state index is 11.2. The van der Waals surface area contributed by atoms with E-state index in [0.717, 1.165) is 5.56 Å². The minimum absolute atomic E-state index is 0.152. The first-order chi connectivity index (χ1) is 7.57. The number of rotatable bonds is 6. The van der Waals surface area contributed by atoms with Crippen molar-refractivity contribution in [2.45, 2.75) is 6.54 Å². The molecule has 0 amide bonds. The second kappa shape index (κ2) is 5.78. The van der Waals surface area contributed by atoms with E-state index in [1.807, 2.05) is 0 Å². The summed E-state index contributed by atoms with van der Waals surface area (Å²) in [5.74, 6) is 0.179. The highest BCUT2D eigenvalue weighted by Gasteiger charge is 2.08. The predicted octanol–water partition coefficient (Wildman–Crippen LogP) is -0.498. The zero-order valence-electron chi connectivity index (χ0n) is 8.88. The molecule has 1 heterocycles. The number of pyridine rings is 1. The zero-order chi connectivity index (χ0) is 12.0. The summed E-state index contributed by atoms with van der Waals surface area (Å²) in [6.45, 7) is -0.241. The molecule has 0 atom stereocenters. The number of hydrogen-bond donors (Lipinski definition) is 2. The van der Waals surface area contributed by atoms with Crippen LogP contribution in [-0.4, -0.2) is 38.0 Å². The number of aliphatic hydroxyl groups is 1. The summed E-state index contributed by atoms with van der Waals surface area (Å²) >= 11 is 0. The third-order valence-electron chi connectivity index (χ3n) is 1.86. The third kappa shape index (κ3) is 4.13. The van der Waals surface area contributed by atoms with Crippen molar-refractivity contribution < 1.29 is 18.3 Å². The quantitative estimate of drug-likeness (QED) is 0.706. The van der Waals surface area contributed by atoms with Gasteiger partial charge < -0.3 is 9.84 Å². The molecule has 0 unspecified atom stereocenters. The molecule has 0 aliphatic rings. The molecule has 0 aromatic carbocycles. The Balaban J connectivity index is 2.54. The number of sulfonamides is 1. The molecule has 90 valence electrons. The summed E-state index contributed by atoms with van der Waals surface area (Å²) in [6, 6.07) is 3.36. The lowest BCUT2D eigenvalue weighted by molar-refractivity contribution is 0.319. The number of hydrogen-bond acceptors (Lipinski definition) is 5. The topological polar surface area (TPSA) is 88.5 Å². The van der Waals surface area contributed by atoms with Crippen LogP contribution in [-0.2, 0) is 16.6 Å². The molecule has 1 aromatic rings. The molecule has 2 N–H and O–H groups in total. The number of ether oxygens (including phenoxy) is 1. The molecule has 0 saturated carbocycles. The lowest BCUT2D eigenvalue weighted by Crippen LogP contribution is -2.27. The fourth-order valence-corrected chi connectivity index (χ4v) is 1.79. The fourth-order valence-electron chi connectivity index (χ4n) is 1.02. The molecule has 0 aliphatic heterocycles. The molecular weight excluding hydrogens is 232 g/mol. The summed E-state index contributed by atoms with van der Waals surface area (Å²) in [4.78, 5) is 3.94. The Morgan fingerprint density at radius 2 is 2.25 bits per heavy atom. The summed E-state index contributed by atoms with van der Waals surface area (Å²) in [5, 5.41) is 8.52. The minimum atomic E-state index is -3.40. The number of methoxy groups -OCH3 is 1. The molecule has 0 saturated heterocycles. The maximum atomic E-state index is 11.2. The fraction of sp³-hybridized carbons (Fsp3) is 0.444. The van der Waals surface area contributed by atoms with E-state index >= 15 is 0 Å². The zero-order valence-corrected chi connectivity index (χ0v) is 9.70. The molecule has 0 radical (unpaired) electrons. The number of aromatic nitrogens is 1. The van der Waals surface area contributed by atoms with Gasteiger partial charge in [-0.2, -0.15) is 0 Å². The van der Waals surface area contributed by atoms with Crippen molar-refractivity contribution in [1.29, 1.82) is 0 Å². The average Bonchev–Trinajstić information content (AvgIpc) is 2.27. The molecule has 0 spiro atoms. The number of aliphatic hydroxyl groups excluding tert-OH is 1. The average molecular weight is 246 g/mol. The van der Waals surface area contributed by atoms with E-state index in [2.05, 4.69) is 9.71 Å². The largest absolute Gasteiger partial charge is 0.481 e. The lowest BCUT2D eigenvalue weighted by Gasteiger charge is -2.05. The van der Waals surface area contributed by atoms with Gasteiger partial charge in [-0.15, -0.1) is 0 Å². The van der Waals surface area contributed by atoms with Crippen LogP contribution in [0.3, 0.4) is 0 Å². The van der Waals surface area contributed by atoms with Crippen molar-refractivity contribution in [1.82, 2.24) is 9.71 Å². The summed E-state index contributed by atoms with van der Waals surface area (Å²) in [6.07, 6.45) is 1.53. The Hall–Kier alpha value is -1.18. The molecule has 0 aliphatic carbocycles. The Morgan fingerprint density at radius 1 is 1.50 bits per heavy atom. The maximum Gasteiger partial charge on any atom is 0.214 e. The van der Waals surface area contributed by atoms with E-state index in [9.17, 15) is 8.42 Å². The Bertz CT molecular complexity index is 416. The standard InChI is InChI=1S/C9H14N2O4S/c1-15-9-3-2-8(6-10-9)7-11-16(13,14)5-4-12/h2-3,6,11-12H,4-5,7H2,1H3. The van der Waals surface area contributed by atoms with Crippen LogP contribution >= 0.6 is 0 Å². The van der Waals surface area contributed by atoms with Crippen LogP contribution in [0.5, 0.6) is 5.88 Å². The minimum Gasteiger partial charge on any atom is -0.481 e. The molecule has 7 heteroatoms. The van der Waals surface area contributed by atoms with Crippen LogP contribution in [0.4, 0.5) is 0 Å². The van der Waals surface area contributed by atoms with Crippen molar-refractivity contribution in [2.75, 3.05) is 19.5 Å². The van der Waals surface area contributed by atoms with Gasteiger partial charge in [-0.05, 0) is 5.56 Å². The van der Waals surface area contributed by atoms with E-state index in [4.69, 9.17) is 9.84 Å². The van der Waals surface area contributed by atoms with Gasteiger partial charge in [0, 0.05) is 18.8 Å². The highest BCUT2D eigenvalue weighted by atomic mass is 32.2. The SMILES string of the molecule is COc1ccc(CNS(=O)(=O)CCO)cn1. The van der Waals surface area contributed by atoms with Crippen molar-refractivity contribution in [2.24, 2.45) is 0 Å². The molecule has 1 rings (SSSR count).